The van der Waals surface area contributed by atoms with E-state index in [4.69, 9.17) is 23.3 Å². The van der Waals surface area contributed by atoms with E-state index in [1.807, 2.05) is 0 Å². The maximum absolute atomic E-state index is 13.6. The van der Waals surface area contributed by atoms with E-state index >= 15 is 0 Å². The number of rotatable bonds is 29. The van der Waals surface area contributed by atoms with Gasteiger partial charge in [-0.15, -0.1) is 0 Å². The number of aliphatic hydroxyl groups excluding tert-OH is 4. The van der Waals surface area contributed by atoms with Crippen molar-refractivity contribution in [1.82, 2.24) is 9.55 Å². The predicted molar refractivity (Wildman–Crippen MR) is 186 cm³/mol. The molecule has 0 aliphatic carbocycles. The Balaban J connectivity index is 1.66. The molecule has 0 aromatic carbocycles. The summed E-state index contributed by atoms with van der Waals surface area (Å²) in [6, 6.07) is 0. The van der Waals surface area contributed by atoms with E-state index in [1.165, 1.54) is 94.2 Å². The van der Waals surface area contributed by atoms with Crippen LogP contribution in [0.15, 0.2) is 15.8 Å². The molecule has 14 nitrogen and oxygen atoms in total. The molecule has 0 bridgehead atoms. The molecule has 0 amide bonds. The molecule has 2 unspecified atom stereocenters. The lowest BCUT2D eigenvalue weighted by molar-refractivity contribution is -0.279. The van der Waals surface area contributed by atoms with Crippen molar-refractivity contribution in [3.63, 3.8) is 0 Å². The Kier molecular flexibility index (Phi) is 22.7. The van der Waals surface area contributed by atoms with Gasteiger partial charge in [-0.2, -0.15) is 0 Å². The molecule has 0 saturated carbocycles. The maximum Gasteiger partial charge on any atom is 0.358 e. The summed E-state index contributed by atoms with van der Waals surface area (Å²) in [5.74, 6) is 0. The molecule has 2 heterocycles. The van der Waals surface area contributed by atoms with Crippen molar-refractivity contribution in [2.75, 3.05) is 39.4 Å². The molecule has 0 spiro atoms. The second-order valence-corrected chi connectivity index (χ2v) is 14.9. The van der Waals surface area contributed by atoms with E-state index in [0.29, 0.717) is 12.2 Å². The molecular formula is C34H63N2O12P. The number of aryl methyl sites for hydroxylation is 1. The van der Waals surface area contributed by atoms with Gasteiger partial charge in [-0.25, -0.2) is 4.79 Å². The van der Waals surface area contributed by atoms with Gasteiger partial charge >= 0.3 is 13.3 Å². The van der Waals surface area contributed by atoms with Crippen LogP contribution in [0, 0.1) is 6.92 Å². The predicted octanol–water partition coefficient (Wildman–Crippen LogP) is 4.12. The highest BCUT2D eigenvalue weighted by Crippen LogP contribution is 2.50. The van der Waals surface area contributed by atoms with Crippen molar-refractivity contribution in [2.24, 2.45) is 0 Å². The van der Waals surface area contributed by atoms with Crippen LogP contribution in [0.1, 0.15) is 115 Å². The van der Waals surface area contributed by atoms with Gasteiger partial charge in [0.1, 0.15) is 30.8 Å². The molecule has 5 N–H and O–H groups in total. The third kappa shape index (κ3) is 17.6. The molecule has 15 heteroatoms. The monoisotopic (exact) mass is 722 g/mol. The summed E-state index contributed by atoms with van der Waals surface area (Å²) in [5, 5.41) is 40.0. The minimum absolute atomic E-state index is 0.0267. The third-order valence-electron chi connectivity index (χ3n) is 8.69. The van der Waals surface area contributed by atoms with Crippen molar-refractivity contribution in [1.29, 1.82) is 0 Å². The van der Waals surface area contributed by atoms with E-state index in [2.05, 4.69) is 11.9 Å². The Morgan fingerprint density at radius 3 is 1.92 bits per heavy atom. The van der Waals surface area contributed by atoms with Crippen LogP contribution < -0.4 is 11.2 Å². The number of ether oxygens (including phenoxy) is 3. The van der Waals surface area contributed by atoms with Gasteiger partial charge in [0.2, 0.25) is 0 Å². The van der Waals surface area contributed by atoms with Gasteiger partial charge in [-0.05, 0) is 13.3 Å². The van der Waals surface area contributed by atoms with Gasteiger partial charge < -0.3 is 39.2 Å². The topological polar surface area (TPSA) is 199 Å². The highest BCUT2D eigenvalue weighted by molar-refractivity contribution is 7.53. The minimum Gasteiger partial charge on any atom is -0.394 e. The zero-order valence-electron chi connectivity index (χ0n) is 29.7. The zero-order valence-corrected chi connectivity index (χ0v) is 30.6. The second-order valence-electron chi connectivity index (χ2n) is 13.0. The van der Waals surface area contributed by atoms with Gasteiger partial charge in [-0.1, -0.05) is 103 Å². The van der Waals surface area contributed by atoms with Crippen molar-refractivity contribution in [3.8, 4) is 0 Å². The van der Waals surface area contributed by atoms with Gasteiger partial charge in [0.15, 0.2) is 6.29 Å². The molecule has 6 atom stereocenters. The molecule has 286 valence electrons. The van der Waals surface area contributed by atoms with E-state index in [-0.39, 0.29) is 26.4 Å². The minimum atomic E-state index is -4.16. The first kappa shape index (κ1) is 43.7. The highest BCUT2D eigenvalue weighted by atomic mass is 31.2. The molecule has 49 heavy (non-hydrogen) atoms. The lowest BCUT2D eigenvalue weighted by atomic mass is 10.00. The van der Waals surface area contributed by atoms with Gasteiger partial charge in [-0.3, -0.25) is 23.4 Å². The lowest BCUT2D eigenvalue weighted by Crippen LogP contribution is -2.59. The molecule has 2 rings (SSSR count). The second kappa shape index (κ2) is 25.5. The average molecular weight is 723 g/mol. The number of nitrogens with zero attached hydrogens (tertiary/aromatic N) is 1. The van der Waals surface area contributed by atoms with Crippen LogP contribution in [0.3, 0.4) is 0 Å². The number of hydrogen-bond acceptors (Lipinski definition) is 12. The normalized spacial score (nSPS) is 22.4. The first-order valence-electron chi connectivity index (χ1n) is 18.3. The molecule has 1 aliphatic heterocycles. The van der Waals surface area contributed by atoms with Gasteiger partial charge in [0.05, 0.1) is 33.0 Å². The molecule has 0 radical (unpaired) electrons. The van der Waals surface area contributed by atoms with Crippen LogP contribution in [0.5, 0.6) is 0 Å². The summed E-state index contributed by atoms with van der Waals surface area (Å²) in [6.45, 7) is 3.55. The zero-order chi connectivity index (χ0) is 35.9. The molecule has 1 fully saturated rings. The van der Waals surface area contributed by atoms with E-state index in [1.54, 1.807) is 6.92 Å². The first-order chi connectivity index (χ1) is 23.6. The van der Waals surface area contributed by atoms with Crippen LogP contribution >= 0.6 is 7.60 Å². The molecule has 1 aromatic heterocycles. The fraction of sp³-hybridized carbons (Fsp3) is 0.882. The van der Waals surface area contributed by atoms with Crippen molar-refractivity contribution >= 4 is 7.60 Å². The quantitative estimate of drug-likeness (QED) is 0.0587. The number of aromatic amines is 1. The highest BCUT2D eigenvalue weighted by Gasteiger charge is 2.47. The summed E-state index contributed by atoms with van der Waals surface area (Å²) in [5.41, 5.74) is -0.790. The summed E-state index contributed by atoms with van der Waals surface area (Å²) in [6.07, 6.45) is 13.2. The van der Waals surface area contributed by atoms with Gasteiger partial charge in [0.25, 0.3) is 5.56 Å². The third-order valence-corrected chi connectivity index (χ3v) is 10.3. The average Bonchev–Trinajstić information content (AvgIpc) is 3.08. The summed E-state index contributed by atoms with van der Waals surface area (Å²) in [4.78, 5) is 25.8. The first-order valence-corrected chi connectivity index (χ1v) is 20.0. The van der Waals surface area contributed by atoms with Crippen LogP contribution in [-0.4, -0.2) is 100 Å². The van der Waals surface area contributed by atoms with Crippen LogP contribution in [0.4, 0.5) is 0 Å². The Morgan fingerprint density at radius 2 is 1.35 bits per heavy atom. The Hall–Kier alpha value is -1.45. The fourth-order valence-corrected chi connectivity index (χ4v) is 7.02. The molecule has 1 aromatic rings. The van der Waals surface area contributed by atoms with Gasteiger partial charge in [0, 0.05) is 18.4 Å². The molecule has 1 aliphatic rings. The summed E-state index contributed by atoms with van der Waals surface area (Å²) >= 11 is 0. The van der Waals surface area contributed by atoms with Crippen LogP contribution in [-0.2, 0) is 34.4 Å². The standard InChI is InChI=1S/C34H63N2O12P/c1-3-4-5-6-7-8-9-10-11-12-13-14-15-16-17-18-20-44-22-23-46-49(43,48-33-31(40)30(39)29(38)28(25-37)47-33)26-45-21-19-36-24-27(2)32(41)35-34(36)42/h24,28-31,33,37-40H,3-23,25-26H2,1-2H3,(H,35,41,42)/t28-,29+,30+,31-,33?,49?/m1/s1. The summed E-state index contributed by atoms with van der Waals surface area (Å²) < 4.78 is 42.4. The van der Waals surface area contributed by atoms with Crippen molar-refractivity contribution < 1.29 is 48.2 Å². The van der Waals surface area contributed by atoms with Crippen LogP contribution in [0.2, 0.25) is 0 Å². The van der Waals surface area contributed by atoms with E-state index in [0.717, 1.165) is 19.3 Å². The Morgan fingerprint density at radius 1 is 0.776 bits per heavy atom. The van der Waals surface area contributed by atoms with Crippen LogP contribution in [0.25, 0.3) is 0 Å². The lowest BCUT2D eigenvalue weighted by Gasteiger charge is -2.40. The Labute approximate surface area is 291 Å². The number of aliphatic hydroxyl groups is 4. The molecular weight excluding hydrogens is 659 g/mol. The molecule has 1 saturated heterocycles. The van der Waals surface area contributed by atoms with Crippen molar-refractivity contribution in [3.05, 3.63) is 32.6 Å². The van der Waals surface area contributed by atoms with Crippen molar-refractivity contribution in [2.45, 2.75) is 154 Å². The fourth-order valence-electron chi connectivity index (χ4n) is 5.62. The number of hydrogen-bond donors (Lipinski definition) is 5. The number of unbranched alkanes of at least 4 members (excludes halogenated alkanes) is 15. The largest absolute Gasteiger partial charge is 0.394 e. The number of H-pyrrole nitrogens is 1. The number of aromatic nitrogens is 2. The SMILES string of the molecule is CCCCCCCCCCCCCCCCCCOCCOP(=O)(COCCn1cc(C)c(=O)[nH]c1=O)OC1O[C@H](CO)[C@H](O)[C@H](O)[C@H]1O. The van der Waals surface area contributed by atoms with E-state index in [9.17, 15) is 34.6 Å². The Bertz CT molecular complexity index is 1160. The summed E-state index contributed by atoms with van der Waals surface area (Å²) in [7, 11) is -4.16. The number of nitrogens with one attached hydrogen (secondary N) is 1. The smallest absolute Gasteiger partial charge is 0.358 e. The maximum atomic E-state index is 13.6. The van der Waals surface area contributed by atoms with E-state index < -0.39 is 62.5 Å².